The third-order valence-corrected chi connectivity index (χ3v) is 12.4. The highest BCUT2D eigenvalue weighted by molar-refractivity contribution is 5.99. The van der Waals surface area contributed by atoms with E-state index in [1.54, 1.807) is 58.0 Å². The topological polar surface area (TPSA) is 399 Å². The van der Waals surface area contributed by atoms with Crippen LogP contribution in [0.5, 0.6) is 0 Å². The van der Waals surface area contributed by atoms with Gasteiger partial charge in [-0.25, -0.2) is 9.18 Å². The molecular weight excluding hydrogens is 1010 g/mol. The quantitative estimate of drug-likeness (QED) is 0.0446. The van der Waals surface area contributed by atoms with Crippen LogP contribution in [0.15, 0.2) is 54.6 Å². The summed E-state index contributed by atoms with van der Waals surface area (Å²) in [5.41, 5.74) is 6.39. The van der Waals surface area contributed by atoms with Crippen LogP contribution in [0.25, 0.3) is 0 Å². The summed E-state index contributed by atoms with van der Waals surface area (Å²) in [6.45, 7) is 7.74. The maximum atomic E-state index is 15.2. The Bertz CT molecular complexity index is 2460. The number of carboxylic acids is 4. The number of benzene rings is 2. The fourth-order valence-electron chi connectivity index (χ4n) is 8.22. The number of nitrogens with zero attached hydrogens (tertiary/aromatic N) is 1. The fraction of sp³-hybridized carbons (Fsp3) is 0.529. The van der Waals surface area contributed by atoms with E-state index >= 15 is 4.39 Å². The monoisotopic (exact) mass is 1080 g/mol. The van der Waals surface area contributed by atoms with Gasteiger partial charge in [0.2, 0.25) is 47.3 Å². The molecule has 1 fully saturated rings. The van der Waals surface area contributed by atoms with Gasteiger partial charge >= 0.3 is 23.9 Å². The number of carbonyl (C=O) groups excluding carboxylic acids is 8. The van der Waals surface area contributed by atoms with Gasteiger partial charge in [-0.3, -0.25) is 52.7 Å². The first-order valence-electron chi connectivity index (χ1n) is 25.0. The summed E-state index contributed by atoms with van der Waals surface area (Å²) < 4.78 is 15.2. The molecule has 1 saturated heterocycles. The number of nitrogens with two attached hydrogens (primary N) is 1. The lowest BCUT2D eigenvalue weighted by Gasteiger charge is -2.31. The average molecular weight is 1080 g/mol. The minimum Gasteiger partial charge on any atom is -0.481 e. The molecule has 8 amide bonds. The molecule has 0 unspecified atom stereocenters. The van der Waals surface area contributed by atoms with Gasteiger partial charge in [-0.05, 0) is 68.1 Å². The second-order valence-electron chi connectivity index (χ2n) is 19.5. The highest BCUT2D eigenvalue weighted by Crippen LogP contribution is 2.22. The van der Waals surface area contributed by atoms with Gasteiger partial charge in [0.05, 0.1) is 12.5 Å². The van der Waals surface area contributed by atoms with E-state index < -0.39 is 169 Å². The van der Waals surface area contributed by atoms with Crippen LogP contribution in [0, 0.1) is 17.7 Å². The molecular formula is C51H70FN9O16. The van der Waals surface area contributed by atoms with Crippen molar-refractivity contribution in [2.45, 2.75) is 153 Å². The summed E-state index contributed by atoms with van der Waals surface area (Å²) in [5.74, 6) is -14.9. The molecule has 0 saturated carbocycles. The Morgan fingerprint density at radius 3 is 1.74 bits per heavy atom. The zero-order valence-corrected chi connectivity index (χ0v) is 43.4. The van der Waals surface area contributed by atoms with Crippen molar-refractivity contribution in [3.63, 3.8) is 0 Å². The molecule has 0 spiro atoms. The van der Waals surface area contributed by atoms with Gasteiger partial charge in [-0.15, -0.1) is 0 Å². The Morgan fingerprint density at radius 1 is 0.597 bits per heavy atom. The molecule has 0 radical (unpaired) electrons. The number of halogens is 1. The molecule has 2 aromatic rings. The van der Waals surface area contributed by atoms with E-state index in [0.29, 0.717) is 5.56 Å². The highest BCUT2D eigenvalue weighted by Gasteiger charge is 2.41. The van der Waals surface area contributed by atoms with Crippen LogP contribution in [0.2, 0.25) is 0 Å². The molecule has 3 rings (SSSR count). The van der Waals surface area contributed by atoms with E-state index in [4.69, 9.17) is 10.8 Å². The van der Waals surface area contributed by atoms with Crippen LogP contribution < -0.4 is 43.0 Å². The third kappa shape index (κ3) is 20.9. The van der Waals surface area contributed by atoms with Gasteiger partial charge in [0.1, 0.15) is 54.2 Å². The van der Waals surface area contributed by atoms with Gasteiger partial charge < -0.3 is 68.3 Å². The Kier molecular flexibility index (Phi) is 25.1. The van der Waals surface area contributed by atoms with Crippen molar-refractivity contribution < 1.29 is 82.4 Å². The molecule has 0 aromatic heterocycles. The van der Waals surface area contributed by atoms with Gasteiger partial charge in [-0.1, -0.05) is 76.2 Å². The summed E-state index contributed by atoms with van der Waals surface area (Å²) in [6.07, 6.45) is -3.27. The van der Waals surface area contributed by atoms with Crippen molar-refractivity contribution in [3.05, 3.63) is 71.5 Å². The molecule has 26 heteroatoms. The van der Waals surface area contributed by atoms with Crippen LogP contribution in [-0.4, -0.2) is 157 Å². The molecule has 1 aliphatic rings. The zero-order chi connectivity index (χ0) is 57.7. The number of amides is 8. The molecule has 9 atom stereocenters. The normalized spacial score (nSPS) is 16.2. The second kappa shape index (κ2) is 30.5. The lowest BCUT2D eigenvalue weighted by Crippen LogP contribution is -2.61. The molecule has 1 aliphatic heterocycles. The van der Waals surface area contributed by atoms with Crippen molar-refractivity contribution in [2.75, 3.05) is 6.54 Å². The summed E-state index contributed by atoms with van der Waals surface area (Å²) in [7, 11) is 0. The van der Waals surface area contributed by atoms with Crippen molar-refractivity contribution in [1.29, 1.82) is 0 Å². The number of aliphatic carboxylic acids is 4. The summed E-state index contributed by atoms with van der Waals surface area (Å²) in [4.78, 5) is 157. The number of nitrogens with one attached hydrogen (secondary N) is 7. The van der Waals surface area contributed by atoms with E-state index in [-0.39, 0.29) is 50.1 Å². The van der Waals surface area contributed by atoms with Gasteiger partial charge in [-0.2, -0.15) is 0 Å². The van der Waals surface area contributed by atoms with E-state index in [0.717, 1.165) is 17.9 Å². The molecule has 0 aliphatic carbocycles. The molecule has 77 heavy (non-hydrogen) atoms. The fourth-order valence-corrected chi connectivity index (χ4v) is 8.22. The number of carboxylic acid groups (broad SMARTS) is 4. The molecule has 422 valence electrons. The lowest BCUT2D eigenvalue weighted by molar-refractivity contribution is -0.144. The Labute approximate surface area is 443 Å². The third-order valence-electron chi connectivity index (χ3n) is 12.4. The standard InChI is InChI=1S/C51H70FN9O16/c1-26(2)22-34(57-49(74)42(27(3)4)60-44(69)32(53)17-19-39(62)63)47(72)58-36(24-30-14-9-10-15-31(30)52)50(75)61-21-11-16-38(61)48(73)56-35(25-41(66)67)46(71)54-28(5)43(68)55-33(18-20-40(64)65)45(70)59-37(51(76)77)23-29-12-7-6-8-13-29/h6-10,12-15,26-28,32-38,42H,11,16-25,53H2,1-5H3,(H,54,71)(H,55,68)(H,56,73)(H,57,74)(H,58,72)(H,59,70)(H,60,69)(H,62,63)(H,64,65)(H,66,67)(H,76,77)/t28-,32-,33-,34-,35-,36-,37-,38+,42-/m0/s1. The lowest BCUT2D eigenvalue weighted by atomic mass is 9.98. The van der Waals surface area contributed by atoms with Gasteiger partial charge in [0.25, 0.3) is 0 Å². The van der Waals surface area contributed by atoms with E-state index in [1.165, 1.54) is 18.2 Å². The van der Waals surface area contributed by atoms with Crippen LogP contribution >= 0.6 is 0 Å². The van der Waals surface area contributed by atoms with E-state index in [9.17, 15) is 72.9 Å². The number of hydrogen-bond acceptors (Lipinski definition) is 13. The van der Waals surface area contributed by atoms with Crippen LogP contribution in [-0.2, 0) is 70.4 Å². The van der Waals surface area contributed by atoms with Crippen LogP contribution in [0.4, 0.5) is 4.39 Å². The molecule has 25 nitrogen and oxygen atoms in total. The SMILES string of the molecule is CC(C)C[C@H](NC(=O)[C@@H](NC(=O)[C@@H](N)CCC(=O)O)C(C)C)C(=O)N[C@@H](Cc1ccccc1F)C(=O)N1CCC[C@@H]1C(=O)N[C@@H](CC(=O)O)C(=O)N[C@@H](C)C(=O)N[C@@H](CCC(=O)O)C(=O)N[C@@H](Cc1ccccc1)C(=O)O. The minimum absolute atomic E-state index is 0.000159. The smallest absolute Gasteiger partial charge is 0.326 e. The van der Waals surface area contributed by atoms with Crippen molar-refractivity contribution in [2.24, 2.45) is 17.6 Å². The highest BCUT2D eigenvalue weighted by atomic mass is 19.1. The van der Waals surface area contributed by atoms with Crippen LogP contribution in [0.3, 0.4) is 0 Å². The average Bonchev–Trinajstić information content (AvgIpc) is 3.85. The largest absolute Gasteiger partial charge is 0.481 e. The Balaban J connectivity index is 1.83. The first-order chi connectivity index (χ1) is 36.2. The first kappa shape index (κ1) is 63.3. The van der Waals surface area contributed by atoms with Crippen molar-refractivity contribution >= 4 is 71.1 Å². The number of rotatable bonds is 31. The van der Waals surface area contributed by atoms with Gasteiger partial charge in [0, 0.05) is 32.2 Å². The van der Waals surface area contributed by atoms with E-state index in [1.807, 2.05) is 0 Å². The molecule has 0 bridgehead atoms. The Morgan fingerprint density at radius 2 is 1.16 bits per heavy atom. The predicted molar refractivity (Wildman–Crippen MR) is 270 cm³/mol. The predicted octanol–water partition coefficient (Wildman–Crippen LogP) is -0.666. The summed E-state index contributed by atoms with van der Waals surface area (Å²) in [6, 6.07) is 0.185. The zero-order valence-electron chi connectivity index (χ0n) is 43.4. The molecule has 2 aromatic carbocycles. The minimum atomic E-state index is -1.89. The van der Waals surface area contributed by atoms with Gasteiger partial charge in [0.15, 0.2) is 0 Å². The maximum absolute atomic E-state index is 15.2. The number of carbonyl (C=O) groups is 12. The summed E-state index contributed by atoms with van der Waals surface area (Å²) >= 11 is 0. The maximum Gasteiger partial charge on any atom is 0.326 e. The molecule has 13 N–H and O–H groups in total. The molecule has 1 heterocycles. The Hall–Kier alpha value is -8.03. The van der Waals surface area contributed by atoms with Crippen LogP contribution in [0.1, 0.15) is 97.1 Å². The van der Waals surface area contributed by atoms with Crippen molar-refractivity contribution in [3.8, 4) is 0 Å². The first-order valence-corrected chi connectivity index (χ1v) is 25.0. The van der Waals surface area contributed by atoms with Crippen molar-refractivity contribution in [1.82, 2.24) is 42.1 Å². The second-order valence-corrected chi connectivity index (χ2v) is 19.5. The summed E-state index contributed by atoms with van der Waals surface area (Å²) in [5, 5.41) is 54.8. The van der Waals surface area contributed by atoms with E-state index in [2.05, 4.69) is 37.2 Å². The number of hydrogen-bond donors (Lipinski definition) is 12. The number of likely N-dealkylation sites (tertiary alicyclic amines) is 1.